The monoisotopic (exact) mass is 535 g/mol. The summed E-state index contributed by atoms with van der Waals surface area (Å²) in [6, 6.07) is 17.0. The average Bonchev–Trinajstić information content (AvgIpc) is 3.11. The van der Waals surface area contributed by atoms with Crippen LogP contribution in [-0.4, -0.2) is 30.5 Å². The highest BCUT2D eigenvalue weighted by Gasteiger charge is 2.47. The largest absolute Gasteiger partial charge is 0.507 e. The number of ether oxygens (including phenoxy) is 2. The Morgan fingerprint density at radius 2 is 1.74 bits per heavy atom. The van der Waals surface area contributed by atoms with E-state index in [9.17, 15) is 14.7 Å². The predicted molar refractivity (Wildman–Crippen MR) is 139 cm³/mol. The summed E-state index contributed by atoms with van der Waals surface area (Å²) in [4.78, 5) is 28.3. The van der Waals surface area contributed by atoms with Crippen molar-refractivity contribution < 1.29 is 24.2 Å². The molecule has 1 fully saturated rings. The normalized spacial score (nSPS) is 17.1. The Morgan fingerprint density at radius 3 is 2.40 bits per heavy atom. The number of nitrogens with zero attached hydrogens (tertiary/aromatic N) is 1. The topological polar surface area (TPSA) is 76.1 Å². The van der Waals surface area contributed by atoms with Gasteiger partial charge in [-0.3, -0.25) is 14.5 Å². The van der Waals surface area contributed by atoms with Gasteiger partial charge >= 0.3 is 0 Å². The fourth-order valence-corrected chi connectivity index (χ4v) is 4.55. The van der Waals surface area contributed by atoms with Crippen molar-refractivity contribution in [3.8, 4) is 11.5 Å². The Morgan fingerprint density at radius 1 is 1.03 bits per heavy atom. The molecule has 1 heterocycles. The smallest absolute Gasteiger partial charge is 0.300 e. The first-order valence-electron chi connectivity index (χ1n) is 11.2. The van der Waals surface area contributed by atoms with Crippen molar-refractivity contribution >= 4 is 39.1 Å². The number of benzene rings is 3. The van der Waals surface area contributed by atoms with E-state index in [2.05, 4.69) is 15.9 Å². The van der Waals surface area contributed by atoms with Crippen LogP contribution < -0.4 is 14.4 Å². The second-order valence-electron chi connectivity index (χ2n) is 8.24. The average molecular weight is 536 g/mol. The van der Waals surface area contributed by atoms with Crippen LogP contribution in [0.15, 0.2) is 70.7 Å². The number of aliphatic hydroxyl groups excluding tert-OH is 1. The second kappa shape index (κ2) is 9.96. The summed E-state index contributed by atoms with van der Waals surface area (Å²) in [6.07, 6.45) is 0. The van der Waals surface area contributed by atoms with E-state index in [1.807, 2.05) is 39.0 Å². The molecular formula is C28H26BrNO5. The molecule has 1 aliphatic rings. The molecular weight excluding hydrogens is 510 g/mol. The Hall–Kier alpha value is -3.58. The maximum atomic E-state index is 13.5. The number of hydrogen-bond acceptors (Lipinski definition) is 5. The number of aryl methyl sites for hydroxylation is 1. The van der Waals surface area contributed by atoms with E-state index >= 15 is 0 Å². The van der Waals surface area contributed by atoms with Crippen molar-refractivity contribution in [3.63, 3.8) is 0 Å². The molecule has 1 N–H and O–H groups in total. The first-order valence-corrected chi connectivity index (χ1v) is 12.0. The molecule has 3 aromatic rings. The molecule has 0 spiro atoms. The lowest BCUT2D eigenvalue weighted by atomic mass is 9.94. The third kappa shape index (κ3) is 4.44. The minimum atomic E-state index is -0.857. The van der Waals surface area contributed by atoms with E-state index in [0.717, 1.165) is 15.6 Å². The highest BCUT2D eigenvalue weighted by molar-refractivity contribution is 9.10. The second-order valence-corrected chi connectivity index (χ2v) is 9.15. The van der Waals surface area contributed by atoms with E-state index in [1.54, 1.807) is 49.6 Å². The molecule has 1 atom stereocenters. The van der Waals surface area contributed by atoms with Gasteiger partial charge in [-0.15, -0.1) is 0 Å². The summed E-state index contributed by atoms with van der Waals surface area (Å²) >= 11 is 3.39. The number of carbonyl (C=O) groups is 2. The fraction of sp³-hybridized carbons (Fsp3) is 0.214. The zero-order chi connectivity index (χ0) is 25.3. The molecule has 7 heteroatoms. The van der Waals surface area contributed by atoms with Gasteiger partial charge < -0.3 is 14.6 Å². The van der Waals surface area contributed by atoms with Gasteiger partial charge in [0.05, 0.1) is 25.3 Å². The fourth-order valence-electron chi connectivity index (χ4n) is 4.29. The number of Topliss-reactive ketones (excluding diaryl/α,β-unsaturated/α-hetero) is 1. The van der Waals surface area contributed by atoms with Crippen molar-refractivity contribution in [2.24, 2.45) is 0 Å². The van der Waals surface area contributed by atoms with Crippen molar-refractivity contribution in [2.45, 2.75) is 26.8 Å². The van der Waals surface area contributed by atoms with Crippen molar-refractivity contribution in [1.29, 1.82) is 0 Å². The standard InChI is InChI=1S/C28H26BrNO5/c1-5-35-23-15-19(11-14-22(23)34-4)25-24(26(31)18-9-12-20(29)13-10-18)27(32)28(33)30(25)21-8-6-7-16(2)17(21)3/h6-15,25,31H,5H2,1-4H3/b26-24+. The van der Waals surface area contributed by atoms with Crippen LogP contribution in [0.25, 0.3) is 5.76 Å². The number of carbonyl (C=O) groups excluding carboxylic acids is 2. The van der Waals surface area contributed by atoms with Crippen LogP contribution in [0.2, 0.25) is 0 Å². The lowest BCUT2D eigenvalue weighted by Crippen LogP contribution is -2.30. The molecule has 4 rings (SSSR count). The van der Waals surface area contributed by atoms with E-state index in [-0.39, 0.29) is 11.3 Å². The number of ketones is 1. The summed E-state index contributed by atoms with van der Waals surface area (Å²) in [7, 11) is 1.55. The first kappa shape index (κ1) is 24.5. The summed E-state index contributed by atoms with van der Waals surface area (Å²) in [6.45, 7) is 6.14. The predicted octanol–water partition coefficient (Wildman–Crippen LogP) is 6.10. The molecule has 0 bridgehead atoms. The van der Waals surface area contributed by atoms with Crippen molar-refractivity contribution in [2.75, 3.05) is 18.6 Å². The number of methoxy groups -OCH3 is 1. The Balaban J connectivity index is 1.99. The summed E-state index contributed by atoms with van der Waals surface area (Å²) < 4.78 is 12.0. The summed E-state index contributed by atoms with van der Waals surface area (Å²) in [5.41, 5.74) is 3.55. The van der Waals surface area contributed by atoms with Crippen LogP contribution in [0.4, 0.5) is 5.69 Å². The van der Waals surface area contributed by atoms with Gasteiger partial charge in [0, 0.05) is 15.7 Å². The van der Waals surface area contributed by atoms with Gasteiger partial charge in [-0.1, -0.05) is 46.3 Å². The quantitative estimate of drug-likeness (QED) is 0.234. The number of aliphatic hydroxyl groups is 1. The lowest BCUT2D eigenvalue weighted by Gasteiger charge is -2.28. The first-order chi connectivity index (χ1) is 16.8. The van der Waals surface area contributed by atoms with Gasteiger partial charge in [-0.25, -0.2) is 0 Å². The van der Waals surface area contributed by atoms with Crippen molar-refractivity contribution in [3.05, 3.63) is 93.0 Å². The molecule has 1 unspecified atom stereocenters. The van der Waals surface area contributed by atoms with Gasteiger partial charge in [-0.05, 0) is 67.8 Å². The Bertz CT molecular complexity index is 1330. The van der Waals surface area contributed by atoms with Gasteiger partial charge in [0.1, 0.15) is 5.76 Å². The summed E-state index contributed by atoms with van der Waals surface area (Å²) in [5, 5.41) is 11.3. The highest BCUT2D eigenvalue weighted by atomic mass is 79.9. The maximum absolute atomic E-state index is 13.5. The molecule has 6 nitrogen and oxygen atoms in total. The third-order valence-corrected chi connectivity index (χ3v) is 6.73. The zero-order valence-electron chi connectivity index (χ0n) is 20.0. The number of hydrogen-bond donors (Lipinski definition) is 1. The van der Waals surface area contributed by atoms with E-state index < -0.39 is 17.7 Å². The maximum Gasteiger partial charge on any atom is 0.300 e. The molecule has 0 radical (unpaired) electrons. The number of halogens is 1. The molecule has 180 valence electrons. The Labute approximate surface area is 212 Å². The van der Waals surface area contributed by atoms with Crippen LogP contribution in [0.3, 0.4) is 0 Å². The zero-order valence-corrected chi connectivity index (χ0v) is 21.5. The number of anilines is 1. The van der Waals surface area contributed by atoms with Crippen LogP contribution in [0.5, 0.6) is 11.5 Å². The molecule has 35 heavy (non-hydrogen) atoms. The molecule has 0 aromatic heterocycles. The van der Waals surface area contributed by atoms with Gasteiger partial charge in [0.15, 0.2) is 11.5 Å². The van der Waals surface area contributed by atoms with Gasteiger partial charge in [-0.2, -0.15) is 0 Å². The highest BCUT2D eigenvalue weighted by Crippen LogP contribution is 2.45. The molecule has 1 amide bonds. The lowest BCUT2D eigenvalue weighted by molar-refractivity contribution is -0.132. The van der Waals surface area contributed by atoms with Crippen LogP contribution >= 0.6 is 15.9 Å². The van der Waals surface area contributed by atoms with Crippen LogP contribution in [0, 0.1) is 13.8 Å². The van der Waals surface area contributed by atoms with Gasteiger partial charge in [0.2, 0.25) is 0 Å². The van der Waals surface area contributed by atoms with Crippen molar-refractivity contribution in [1.82, 2.24) is 0 Å². The summed E-state index contributed by atoms with van der Waals surface area (Å²) in [5.74, 6) is -0.654. The SMILES string of the molecule is CCOc1cc(C2/C(=C(\O)c3ccc(Br)cc3)C(=O)C(=O)N2c2cccc(C)c2C)ccc1OC. The molecule has 1 saturated heterocycles. The Kier molecular flexibility index (Phi) is 6.98. The minimum Gasteiger partial charge on any atom is -0.507 e. The number of amides is 1. The number of rotatable bonds is 6. The van der Waals surface area contributed by atoms with Gasteiger partial charge in [0.25, 0.3) is 11.7 Å². The molecule has 0 saturated carbocycles. The molecule has 0 aliphatic carbocycles. The van der Waals surface area contributed by atoms with E-state index in [1.165, 1.54) is 4.90 Å². The molecule has 1 aliphatic heterocycles. The van der Waals surface area contributed by atoms with E-state index in [4.69, 9.17) is 9.47 Å². The third-order valence-electron chi connectivity index (χ3n) is 6.20. The van der Waals surface area contributed by atoms with E-state index in [0.29, 0.717) is 34.9 Å². The minimum absolute atomic E-state index is 0.0193. The molecule has 3 aromatic carbocycles. The van der Waals surface area contributed by atoms with Crippen LogP contribution in [0.1, 0.15) is 35.2 Å². The van der Waals surface area contributed by atoms with Crippen LogP contribution in [-0.2, 0) is 9.59 Å².